The molecule has 2 aromatic heterocycles. The Kier molecular flexibility index (Phi) is 7.14. The van der Waals surface area contributed by atoms with Gasteiger partial charge in [-0.2, -0.15) is 8.42 Å². The number of nitrogen functional groups attached to an aromatic ring is 1. The van der Waals surface area contributed by atoms with Gasteiger partial charge in [0.15, 0.2) is 0 Å². The van der Waals surface area contributed by atoms with Crippen LogP contribution in [-0.4, -0.2) is 27.9 Å². The molecule has 8 nitrogen and oxygen atoms in total. The van der Waals surface area contributed by atoms with Crippen LogP contribution in [0.25, 0.3) is 11.1 Å². The lowest BCUT2D eigenvalue weighted by Crippen LogP contribution is -1.96. The fraction of sp³-hybridized carbons (Fsp3) is 0. The average Bonchev–Trinajstić information content (AvgIpc) is 2.77. The van der Waals surface area contributed by atoms with Gasteiger partial charge in [-0.15, -0.1) is 0 Å². The van der Waals surface area contributed by atoms with Gasteiger partial charge in [-0.05, 0) is 42.0 Å². The molecular formula is C21H17ClN4O4S. The Bertz CT molecular complexity index is 1240. The molecule has 158 valence electrons. The van der Waals surface area contributed by atoms with E-state index in [9.17, 15) is 8.42 Å². The first-order valence-electron chi connectivity index (χ1n) is 8.82. The van der Waals surface area contributed by atoms with E-state index in [4.69, 9.17) is 26.6 Å². The monoisotopic (exact) mass is 456 g/mol. The van der Waals surface area contributed by atoms with E-state index in [-0.39, 0.29) is 4.90 Å². The molecule has 0 aliphatic rings. The molecule has 0 unspecified atom stereocenters. The van der Waals surface area contributed by atoms with Crippen LogP contribution >= 0.6 is 11.6 Å². The van der Waals surface area contributed by atoms with Gasteiger partial charge in [0, 0.05) is 24.2 Å². The lowest BCUT2D eigenvalue weighted by Gasteiger charge is -2.07. The van der Waals surface area contributed by atoms with Crippen molar-refractivity contribution in [1.29, 1.82) is 0 Å². The molecule has 2 aromatic carbocycles. The summed E-state index contributed by atoms with van der Waals surface area (Å²) in [6.45, 7) is 0. The number of nitrogens with two attached hydrogens (primary N) is 1. The number of pyridine rings is 1. The maximum atomic E-state index is 10.4. The van der Waals surface area contributed by atoms with Crippen molar-refractivity contribution in [2.45, 2.75) is 4.90 Å². The lowest BCUT2D eigenvalue weighted by molar-refractivity contribution is 0.442. The second-order valence-corrected chi connectivity index (χ2v) is 7.89. The molecule has 0 amide bonds. The molecule has 4 rings (SSSR count). The molecule has 0 fully saturated rings. The minimum absolute atomic E-state index is 0.0741. The molecule has 0 aliphatic heterocycles. The van der Waals surface area contributed by atoms with Crippen molar-refractivity contribution in [2.75, 3.05) is 5.73 Å². The number of hydrogen-bond acceptors (Lipinski definition) is 7. The number of ether oxygens (including phenoxy) is 1. The second kappa shape index (κ2) is 9.98. The van der Waals surface area contributed by atoms with Gasteiger partial charge in [-0.25, -0.2) is 15.0 Å². The summed E-state index contributed by atoms with van der Waals surface area (Å²) >= 11 is 5.95. The molecule has 10 heteroatoms. The molecule has 0 atom stereocenters. The molecule has 0 spiro atoms. The van der Waals surface area contributed by atoms with Gasteiger partial charge in [0.25, 0.3) is 10.1 Å². The topological polar surface area (TPSA) is 128 Å². The van der Waals surface area contributed by atoms with Gasteiger partial charge in [-0.1, -0.05) is 41.9 Å². The van der Waals surface area contributed by atoms with E-state index in [1.165, 1.54) is 18.3 Å². The minimum atomic E-state index is -4.00. The van der Waals surface area contributed by atoms with Gasteiger partial charge < -0.3 is 10.5 Å². The summed E-state index contributed by atoms with van der Waals surface area (Å²) in [5.74, 6) is 1.07. The summed E-state index contributed by atoms with van der Waals surface area (Å²) in [4.78, 5) is 12.0. The smallest absolute Gasteiger partial charge is 0.321 e. The first-order chi connectivity index (χ1) is 14.8. The summed E-state index contributed by atoms with van der Waals surface area (Å²) < 4.78 is 34.8. The van der Waals surface area contributed by atoms with E-state index in [0.717, 1.165) is 11.1 Å². The van der Waals surface area contributed by atoms with Crippen molar-refractivity contribution < 1.29 is 17.7 Å². The third kappa shape index (κ3) is 6.48. The maximum absolute atomic E-state index is 10.4. The van der Waals surface area contributed by atoms with Gasteiger partial charge in [0.1, 0.15) is 11.6 Å². The number of benzene rings is 2. The van der Waals surface area contributed by atoms with Crippen molar-refractivity contribution in [3.63, 3.8) is 0 Å². The van der Waals surface area contributed by atoms with Crippen LogP contribution in [0.5, 0.6) is 11.8 Å². The van der Waals surface area contributed by atoms with Crippen molar-refractivity contribution in [3.8, 4) is 22.9 Å². The summed E-state index contributed by atoms with van der Waals surface area (Å²) in [6, 6.07) is 18.6. The van der Waals surface area contributed by atoms with E-state index in [2.05, 4.69) is 15.0 Å². The third-order valence-corrected chi connectivity index (χ3v) is 4.92. The fourth-order valence-corrected chi connectivity index (χ4v) is 3.08. The molecular weight excluding hydrogens is 440 g/mol. The highest BCUT2D eigenvalue weighted by atomic mass is 35.5. The standard InChI is InChI=1S/C15H11ClN4O.C6H6O3S/c16-11-8-13(14(17)20-9-11)10-2-4-12(5-3-10)21-15-18-6-1-7-19-15;7-10(8,9)6-4-2-1-3-5-6/h1-9H,(H2,17,20);1-5H,(H,7,8,9). The zero-order valence-electron chi connectivity index (χ0n) is 16.0. The molecule has 3 N–H and O–H groups in total. The zero-order chi connectivity index (χ0) is 22.3. The summed E-state index contributed by atoms with van der Waals surface area (Å²) in [7, 11) is -4.00. The fourth-order valence-electron chi connectivity index (χ4n) is 2.42. The normalized spacial score (nSPS) is 10.6. The average molecular weight is 457 g/mol. The van der Waals surface area contributed by atoms with Crippen LogP contribution in [0.2, 0.25) is 5.02 Å². The highest BCUT2D eigenvalue weighted by Crippen LogP contribution is 2.29. The first kappa shape index (κ1) is 22.2. The third-order valence-electron chi connectivity index (χ3n) is 3.84. The van der Waals surface area contributed by atoms with Crippen molar-refractivity contribution in [1.82, 2.24) is 15.0 Å². The summed E-state index contributed by atoms with van der Waals surface area (Å²) in [5, 5.41) is 0.539. The van der Waals surface area contributed by atoms with E-state index < -0.39 is 10.1 Å². The van der Waals surface area contributed by atoms with Crippen LogP contribution in [0.1, 0.15) is 0 Å². The number of rotatable bonds is 4. The molecule has 0 bridgehead atoms. The number of aromatic nitrogens is 3. The Labute approximate surface area is 184 Å². The highest BCUT2D eigenvalue weighted by Gasteiger charge is 2.07. The Balaban J connectivity index is 0.000000229. The second-order valence-electron chi connectivity index (χ2n) is 6.03. The first-order valence-corrected chi connectivity index (χ1v) is 10.6. The van der Waals surface area contributed by atoms with Gasteiger partial charge in [0.2, 0.25) is 0 Å². The van der Waals surface area contributed by atoms with E-state index >= 15 is 0 Å². The lowest BCUT2D eigenvalue weighted by atomic mass is 10.1. The Morgan fingerprint density at radius 3 is 2.13 bits per heavy atom. The molecule has 31 heavy (non-hydrogen) atoms. The van der Waals surface area contributed by atoms with Crippen LogP contribution in [0, 0.1) is 0 Å². The molecule has 2 heterocycles. The highest BCUT2D eigenvalue weighted by molar-refractivity contribution is 7.85. The van der Waals surface area contributed by atoms with Crippen molar-refractivity contribution in [3.05, 3.63) is 90.3 Å². The maximum Gasteiger partial charge on any atom is 0.321 e. The van der Waals surface area contributed by atoms with Gasteiger partial charge in [0.05, 0.1) is 9.92 Å². The van der Waals surface area contributed by atoms with Crippen molar-refractivity contribution >= 4 is 27.5 Å². The largest absolute Gasteiger partial charge is 0.424 e. The summed E-state index contributed by atoms with van der Waals surface area (Å²) in [5.41, 5.74) is 7.55. The van der Waals surface area contributed by atoms with E-state index in [1.807, 2.05) is 24.3 Å². The van der Waals surface area contributed by atoms with Gasteiger partial charge in [-0.3, -0.25) is 4.55 Å². The van der Waals surface area contributed by atoms with Crippen LogP contribution in [0.15, 0.2) is 90.2 Å². The van der Waals surface area contributed by atoms with Crippen molar-refractivity contribution in [2.24, 2.45) is 0 Å². The van der Waals surface area contributed by atoms with E-state index in [1.54, 1.807) is 42.7 Å². The number of hydrogen-bond donors (Lipinski definition) is 2. The van der Waals surface area contributed by atoms with E-state index in [0.29, 0.717) is 22.6 Å². The number of nitrogens with zero attached hydrogens (tertiary/aromatic N) is 3. The van der Waals surface area contributed by atoms with Crippen LogP contribution in [-0.2, 0) is 10.1 Å². The van der Waals surface area contributed by atoms with Crippen LogP contribution < -0.4 is 10.5 Å². The zero-order valence-corrected chi connectivity index (χ0v) is 17.5. The Morgan fingerprint density at radius 2 is 1.55 bits per heavy atom. The Hall–Kier alpha value is -3.53. The molecule has 0 saturated carbocycles. The number of halogens is 1. The van der Waals surface area contributed by atoms with Crippen LogP contribution in [0.3, 0.4) is 0 Å². The predicted molar refractivity (Wildman–Crippen MR) is 117 cm³/mol. The predicted octanol–water partition coefficient (Wildman–Crippen LogP) is 4.50. The SMILES string of the molecule is Nc1ncc(Cl)cc1-c1ccc(Oc2ncccn2)cc1.O=S(=O)(O)c1ccccc1. The van der Waals surface area contributed by atoms with Crippen LogP contribution in [0.4, 0.5) is 5.82 Å². The Morgan fingerprint density at radius 1 is 0.903 bits per heavy atom. The molecule has 0 aliphatic carbocycles. The number of anilines is 1. The molecule has 4 aromatic rings. The molecule has 0 saturated heterocycles. The summed E-state index contributed by atoms with van der Waals surface area (Å²) in [6.07, 6.45) is 4.76. The minimum Gasteiger partial charge on any atom is -0.424 e. The van der Waals surface area contributed by atoms with Gasteiger partial charge >= 0.3 is 6.01 Å². The molecule has 0 radical (unpaired) electrons. The quantitative estimate of drug-likeness (QED) is 0.429.